The maximum atomic E-state index is 12.8. The average Bonchev–Trinajstić information content (AvgIpc) is 3.37. The van der Waals surface area contributed by atoms with Gasteiger partial charge >= 0.3 is 0 Å². The molecule has 5 nitrogen and oxygen atoms in total. The minimum absolute atomic E-state index is 0.00878. The number of nitrogens with one attached hydrogen (secondary N) is 1. The first-order chi connectivity index (χ1) is 16.6. The molecule has 2 aliphatic rings. The number of amides is 1. The van der Waals surface area contributed by atoms with Crippen LogP contribution in [-0.2, 0) is 24.1 Å². The molecule has 1 aliphatic carbocycles. The summed E-state index contributed by atoms with van der Waals surface area (Å²) in [4.78, 5) is 15.4. The molecule has 1 N–H and O–H groups in total. The lowest BCUT2D eigenvalue weighted by Gasteiger charge is -2.27. The van der Waals surface area contributed by atoms with Crippen LogP contribution in [0.4, 0.5) is 0 Å². The summed E-state index contributed by atoms with van der Waals surface area (Å²) >= 11 is 0. The summed E-state index contributed by atoms with van der Waals surface area (Å²) in [5, 5.41) is 3.24. The van der Waals surface area contributed by atoms with Crippen molar-refractivity contribution in [2.75, 3.05) is 26.3 Å². The number of carbonyl (C=O) groups is 1. The third-order valence-corrected chi connectivity index (χ3v) is 6.90. The van der Waals surface area contributed by atoms with E-state index >= 15 is 0 Å². The second-order valence-corrected chi connectivity index (χ2v) is 9.76. The molecule has 0 aromatic heterocycles. The quantitative estimate of drug-likeness (QED) is 0.499. The van der Waals surface area contributed by atoms with Crippen molar-refractivity contribution in [3.8, 4) is 5.75 Å². The van der Waals surface area contributed by atoms with Crippen molar-refractivity contribution < 1.29 is 14.3 Å². The predicted octanol–water partition coefficient (Wildman–Crippen LogP) is 5.15. The van der Waals surface area contributed by atoms with Crippen LogP contribution in [0.2, 0.25) is 0 Å². The Morgan fingerprint density at radius 3 is 2.56 bits per heavy atom. The molecule has 1 aliphatic heterocycles. The van der Waals surface area contributed by atoms with E-state index in [2.05, 4.69) is 42.3 Å². The maximum Gasteiger partial charge on any atom is 0.251 e. The third-order valence-electron chi connectivity index (χ3n) is 6.90. The van der Waals surface area contributed by atoms with Gasteiger partial charge in [0, 0.05) is 24.8 Å². The highest BCUT2D eigenvalue weighted by molar-refractivity contribution is 5.94. The monoisotopic (exact) mass is 464 g/mol. The van der Waals surface area contributed by atoms with Crippen LogP contribution in [0.1, 0.15) is 73.0 Å². The highest BCUT2D eigenvalue weighted by Crippen LogP contribution is 2.24. The molecule has 0 spiro atoms. The van der Waals surface area contributed by atoms with Crippen LogP contribution >= 0.6 is 0 Å². The number of benzene rings is 2. The summed E-state index contributed by atoms with van der Waals surface area (Å²) < 4.78 is 11.4. The van der Waals surface area contributed by atoms with Gasteiger partial charge in [-0.2, -0.15) is 0 Å². The van der Waals surface area contributed by atoms with E-state index in [0.717, 1.165) is 64.1 Å². The van der Waals surface area contributed by atoms with Crippen LogP contribution in [0.5, 0.6) is 5.75 Å². The number of carbonyl (C=O) groups excluding carboxylic acids is 1. The fourth-order valence-corrected chi connectivity index (χ4v) is 5.13. The van der Waals surface area contributed by atoms with E-state index < -0.39 is 0 Å². The Kier molecular flexibility index (Phi) is 9.00. The Bertz CT molecular complexity index is 915. The molecule has 0 saturated carbocycles. The second kappa shape index (κ2) is 12.4. The van der Waals surface area contributed by atoms with Gasteiger partial charge in [0.2, 0.25) is 0 Å². The second-order valence-electron chi connectivity index (χ2n) is 9.76. The standard InChI is InChI=1S/C29H40N2O3/c1-3-15-31(16-4-2)20-22-7-8-25-19-26(12-9-24(25)18-22)30-29(32)23-10-13-27(14-11-23)34-21-28-6-5-17-33-28/h7-8,10-11,13-14,18,26,28H,3-6,9,12,15-17,19-21H2,1-2H3,(H,30,32)/t26-,28-/m0/s1. The Morgan fingerprint density at radius 2 is 1.85 bits per heavy atom. The third kappa shape index (κ3) is 6.83. The van der Waals surface area contributed by atoms with Crippen LogP contribution in [0, 0.1) is 0 Å². The lowest BCUT2D eigenvalue weighted by atomic mass is 9.87. The molecule has 0 bridgehead atoms. The van der Waals surface area contributed by atoms with E-state index in [9.17, 15) is 4.79 Å². The molecule has 2 aromatic rings. The molecule has 1 saturated heterocycles. The first-order valence-electron chi connectivity index (χ1n) is 13.1. The molecular weight excluding hydrogens is 424 g/mol. The minimum atomic E-state index is -0.00878. The van der Waals surface area contributed by atoms with Gasteiger partial charge in [0.05, 0.1) is 6.10 Å². The highest BCUT2D eigenvalue weighted by atomic mass is 16.5. The zero-order valence-corrected chi connectivity index (χ0v) is 20.9. The van der Waals surface area contributed by atoms with E-state index in [1.165, 1.54) is 29.5 Å². The average molecular weight is 465 g/mol. The van der Waals surface area contributed by atoms with E-state index in [1.54, 1.807) is 0 Å². The summed E-state index contributed by atoms with van der Waals surface area (Å²) in [6, 6.07) is 14.6. The molecule has 34 heavy (non-hydrogen) atoms. The van der Waals surface area contributed by atoms with Gasteiger partial charge in [-0.15, -0.1) is 0 Å². The summed E-state index contributed by atoms with van der Waals surface area (Å²) in [7, 11) is 0. The molecule has 5 heteroatoms. The van der Waals surface area contributed by atoms with Gasteiger partial charge in [-0.05, 0) is 99.0 Å². The first kappa shape index (κ1) is 24.7. The molecule has 1 fully saturated rings. The Hall–Kier alpha value is -2.37. The minimum Gasteiger partial charge on any atom is -0.491 e. The lowest BCUT2D eigenvalue weighted by Crippen LogP contribution is -2.38. The first-order valence-corrected chi connectivity index (χ1v) is 13.1. The normalized spacial score (nSPS) is 19.7. The van der Waals surface area contributed by atoms with Crippen molar-refractivity contribution in [3.05, 3.63) is 64.7 Å². The topological polar surface area (TPSA) is 50.8 Å². The van der Waals surface area contributed by atoms with Crippen LogP contribution < -0.4 is 10.1 Å². The summed E-state index contributed by atoms with van der Waals surface area (Å²) in [5.41, 5.74) is 4.90. The molecule has 0 unspecified atom stereocenters. The smallest absolute Gasteiger partial charge is 0.251 e. The van der Waals surface area contributed by atoms with Crippen LogP contribution in [0.3, 0.4) is 0 Å². The maximum absolute atomic E-state index is 12.8. The van der Waals surface area contributed by atoms with Gasteiger partial charge in [0.1, 0.15) is 12.4 Å². The number of hydrogen-bond donors (Lipinski definition) is 1. The fourth-order valence-electron chi connectivity index (χ4n) is 5.13. The van der Waals surface area contributed by atoms with Crippen LogP contribution in [0.25, 0.3) is 0 Å². The van der Waals surface area contributed by atoms with Crippen LogP contribution in [0.15, 0.2) is 42.5 Å². The van der Waals surface area contributed by atoms with Crippen molar-refractivity contribution in [1.29, 1.82) is 0 Å². The number of ether oxygens (including phenoxy) is 2. The molecule has 1 amide bonds. The molecule has 0 radical (unpaired) electrons. The van der Waals surface area contributed by atoms with E-state index in [1.807, 2.05) is 24.3 Å². The number of hydrogen-bond acceptors (Lipinski definition) is 4. The van der Waals surface area contributed by atoms with Gasteiger partial charge in [0.25, 0.3) is 5.91 Å². The van der Waals surface area contributed by atoms with Crippen molar-refractivity contribution in [2.45, 2.75) is 77.5 Å². The fraction of sp³-hybridized carbons (Fsp3) is 0.552. The van der Waals surface area contributed by atoms with Crippen molar-refractivity contribution >= 4 is 5.91 Å². The van der Waals surface area contributed by atoms with Crippen LogP contribution in [-0.4, -0.2) is 49.3 Å². The molecular formula is C29H40N2O3. The number of fused-ring (bicyclic) bond motifs is 1. The molecule has 184 valence electrons. The highest BCUT2D eigenvalue weighted by Gasteiger charge is 2.21. The summed E-state index contributed by atoms with van der Waals surface area (Å²) in [6.45, 7) is 9.24. The molecule has 2 atom stereocenters. The largest absolute Gasteiger partial charge is 0.491 e. The van der Waals surface area contributed by atoms with Gasteiger partial charge < -0.3 is 14.8 Å². The predicted molar refractivity (Wildman–Crippen MR) is 136 cm³/mol. The van der Waals surface area contributed by atoms with Gasteiger partial charge in [-0.25, -0.2) is 0 Å². The van der Waals surface area contributed by atoms with E-state index in [0.29, 0.717) is 12.2 Å². The van der Waals surface area contributed by atoms with Crippen molar-refractivity contribution in [3.63, 3.8) is 0 Å². The number of rotatable bonds is 11. The van der Waals surface area contributed by atoms with Gasteiger partial charge in [-0.1, -0.05) is 32.0 Å². The van der Waals surface area contributed by atoms with Gasteiger partial charge in [0.15, 0.2) is 0 Å². The zero-order valence-electron chi connectivity index (χ0n) is 20.9. The van der Waals surface area contributed by atoms with E-state index in [4.69, 9.17) is 9.47 Å². The Balaban J connectivity index is 1.28. The van der Waals surface area contributed by atoms with Crippen molar-refractivity contribution in [2.24, 2.45) is 0 Å². The van der Waals surface area contributed by atoms with Crippen molar-refractivity contribution in [1.82, 2.24) is 10.2 Å². The van der Waals surface area contributed by atoms with Gasteiger partial charge in [-0.3, -0.25) is 9.69 Å². The summed E-state index contributed by atoms with van der Waals surface area (Å²) in [6.07, 6.45) is 7.65. The Labute approximate surface area is 204 Å². The SMILES string of the molecule is CCCN(CCC)Cc1ccc2c(c1)CC[C@H](NC(=O)c1ccc(OC[C@@H]3CCCO3)cc1)C2. The Morgan fingerprint density at radius 1 is 1.06 bits per heavy atom. The molecule has 4 rings (SSSR count). The number of aryl methyl sites for hydroxylation is 1. The summed E-state index contributed by atoms with van der Waals surface area (Å²) in [5.74, 6) is 0.774. The molecule has 2 aromatic carbocycles. The number of nitrogens with zero attached hydrogens (tertiary/aromatic N) is 1. The molecule has 1 heterocycles. The van der Waals surface area contributed by atoms with E-state index in [-0.39, 0.29) is 18.1 Å². The zero-order chi connectivity index (χ0) is 23.8. The lowest BCUT2D eigenvalue weighted by molar-refractivity contribution is 0.0679.